The van der Waals surface area contributed by atoms with E-state index in [4.69, 9.17) is 30.4 Å². The van der Waals surface area contributed by atoms with Gasteiger partial charge >= 0.3 is 0 Å². The van der Waals surface area contributed by atoms with Gasteiger partial charge in [0, 0.05) is 11.8 Å². The van der Waals surface area contributed by atoms with Crippen LogP contribution in [0.1, 0.15) is 42.2 Å². The SMILES string of the molecule is CC1(C)O[C@@H]2[C@H](O1)[C@@H](COC(c1ccccc1)(c1ccccc1)c1ccccc1)O[C@H]2c1cnc(N)nc1N. The van der Waals surface area contributed by atoms with Crippen molar-refractivity contribution in [3.63, 3.8) is 0 Å². The number of ether oxygens (including phenoxy) is 4. The van der Waals surface area contributed by atoms with Crippen LogP contribution < -0.4 is 11.5 Å². The molecule has 4 atom stereocenters. The molecular formula is C31H32N4O4. The summed E-state index contributed by atoms with van der Waals surface area (Å²) in [4.78, 5) is 8.28. The summed E-state index contributed by atoms with van der Waals surface area (Å²) in [5.41, 5.74) is 14.7. The quantitative estimate of drug-likeness (QED) is 0.337. The van der Waals surface area contributed by atoms with Gasteiger partial charge < -0.3 is 30.4 Å². The van der Waals surface area contributed by atoms with Crippen LogP contribution in [0.25, 0.3) is 0 Å². The molecule has 0 saturated carbocycles. The Morgan fingerprint density at radius 1 is 0.795 bits per heavy atom. The highest BCUT2D eigenvalue weighted by molar-refractivity contribution is 5.48. The molecule has 0 bridgehead atoms. The molecule has 2 fully saturated rings. The summed E-state index contributed by atoms with van der Waals surface area (Å²) in [6.07, 6.45) is -0.191. The first-order chi connectivity index (χ1) is 18.9. The second-order valence-electron chi connectivity index (χ2n) is 10.3. The first-order valence-corrected chi connectivity index (χ1v) is 13.1. The lowest BCUT2D eigenvalue weighted by Gasteiger charge is -2.37. The maximum Gasteiger partial charge on any atom is 0.221 e. The van der Waals surface area contributed by atoms with Gasteiger partial charge in [0.25, 0.3) is 0 Å². The summed E-state index contributed by atoms with van der Waals surface area (Å²) in [5, 5.41) is 0. The fourth-order valence-electron chi connectivity index (χ4n) is 5.68. The highest BCUT2D eigenvalue weighted by Crippen LogP contribution is 2.47. The molecule has 0 amide bonds. The monoisotopic (exact) mass is 524 g/mol. The summed E-state index contributed by atoms with van der Waals surface area (Å²) < 4.78 is 26.2. The molecule has 4 aromatic rings. The molecule has 3 heterocycles. The number of hydrogen-bond donors (Lipinski definition) is 2. The van der Waals surface area contributed by atoms with E-state index in [2.05, 4.69) is 46.4 Å². The number of fused-ring (bicyclic) bond motifs is 1. The predicted octanol–water partition coefficient (Wildman–Crippen LogP) is 4.61. The van der Waals surface area contributed by atoms with E-state index in [1.165, 1.54) is 0 Å². The highest BCUT2D eigenvalue weighted by atomic mass is 16.8. The van der Waals surface area contributed by atoms with E-state index in [0.717, 1.165) is 16.7 Å². The third-order valence-electron chi connectivity index (χ3n) is 7.33. The minimum Gasteiger partial charge on any atom is -0.383 e. The first-order valence-electron chi connectivity index (χ1n) is 13.1. The van der Waals surface area contributed by atoms with Crippen molar-refractivity contribution in [2.75, 3.05) is 18.1 Å². The normalized spacial score (nSPS) is 23.9. The molecule has 0 radical (unpaired) electrons. The second-order valence-corrected chi connectivity index (χ2v) is 10.3. The van der Waals surface area contributed by atoms with Crippen molar-refractivity contribution in [1.29, 1.82) is 0 Å². The third-order valence-corrected chi connectivity index (χ3v) is 7.33. The van der Waals surface area contributed by atoms with Gasteiger partial charge in [0.05, 0.1) is 6.61 Å². The molecule has 2 saturated heterocycles. The molecule has 6 rings (SSSR count). The van der Waals surface area contributed by atoms with Gasteiger partial charge in [-0.3, -0.25) is 0 Å². The van der Waals surface area contributed by atoms with Crippen molar-refractivity contribution in [1.82, 2.24) is 9.97 Å². The molecule has 0 unspecified atom stereocenters. The summed E-state index contributed by atoms with van der Waals surface area (Å²) >= 11 is 0. The zero-order chi connectivity index (χ0) is 27.0. The van der Waals surface area contributed by atoms with Gasteiger partial charge in [-0.15, -0.1) is 0 Å². The number of nitrogens with two attached hydrogens (primary N) is 2. The zero-order valence-electron chi connectivity index (χ0n) is 21.9. The van der Waals surface area contributed by atoms with E-state index in [-0.39, 0.29) is 24.5 Å². The summed E-state index contributed by atoms with van der Waals surface area (Å²) in [7, 11) is 0. The van der Waals surface area contributed by atoms with Crippen molar-refractivity contribution < 1.29 is 18.9 Å². The molecule has 1 aromatic heterocycles. The van der Waals surface area contributed by atoms with E-state index < -0.39 is 29.7 Å². The molecule has 8 nitrogen and oxygen atoms in total. The molecule has 39 heavy (non-hydrogen) atoms. The Morgan fingerprint density at radius 3 is 1.82 bits per heavy atom. The number of nitrogen functional groups attached to an aromatic ring is 2. The lowest BCUT2D eigenvalue weighted by molar-refractivity contribution is -0.196. The van der Waals surface area contributed by atoms with E-state index >= 15 is 0 Å². The standard InChI is InChI=1S/C31H32N4O4/c1-30(2)38-26-24(37-25(27(26)39-30)23-18-34-29(33)35-28(23)32)19-36-31(20-12-6-3-7-13-20,21-14-8-4-9-15-21)22-16-10-5-11-17-22/h3-18,24-27H,19H2,1-2H3,(H4,32,33,34,35)/t24-,25+,26-,27+/m1/s1. The van der Waals surface area contributed by atoms with Gasteiger partial charge in [-0.2, -0.15) is 4.98 Å². The molecule has 3 aromatic carbocycles. The first kappa shape index (κ1) is 25.5. The molecular weight excluding hydrogens is 492 g/mol. The van der Waals surface area contributed by atoms with Crippen molar-refractivity contribution in [3.05, 3.63) is 119 Å². The van der Waals surface area contributed by atoms with Crippen LogP contribution in [0.3, 0.4) is 0 Å². The molecule has 2 aliphatic rings. The largest absolute Gasteiger partial charge is 0.383 e. The summed E-state index contributed by atoms with van der Waals surface area (Å²) in [5.74, 6) is -0.435. The topological polar surface area (TPSA) is 115 Å². The average molecular weight is 525 g/mol. The second kappa shape index (κ2) is 10.1. The Kier molecular flexibility index (Phi) is 6.56. The van der Waals surface area contributed by atoms with Gasteiger partial charge in [0.1, 0.15) is 35.8 Å². The average Bonchev–Trinajstić information content (AvgIpc) is 3.44. The number of benzene rings is 3. The van der Waals surface area contributed by atoms with Crippen molar-refractivity contribution in [2.45, 2.75) is 49.7 Å². The van der Waals surface area contributed by atoms with Crippen LogP contribution >= 0.6 is 0 Å². The van der Waals surface area contributed by atoms with Crippen molar-refractivity contribution in [2.24, 2.45) is 0 Å². The number of hydrogen-bond acceptors (Lipinski definition) is 8. The van der Waals surface area contributed by atoms with Gasteiger partial charge in [-0.1, -0.05) is 91.0 Å². The van der Waals surface area contributed by atoms with Gasteiger partial charge in [-0.05, 0) is 30.5 Å². The number of nitrogens with zero attached hydrogens (tertiary/aromatic N) is 2. The van der Waals surface area contributed by atoms with Crippen molar-refractivity contribution >= 4 is 11.8 Å². The zero-order valence-corrected chi connectivity index (χ0v) is 21.9. The van der Waals surface area contributed by atoms with Gasteiger partial charge in [0.2, 0.25) is 5.95 Å². The molecule has 0 aliphatic carbocycles. The fourth-order valence-corrected chi connectivity index (χ4v) is 5.68. The minimum atomic E-state index is -0.890. The molecule has 2 aliphatic heterocycles. The Balaban J connectivity index is 1.40. The van der Waals surface area contributed by atoms with Crippen LogP contribution in [0.15, 0.2) is 97.2 Å². The Hall–Kier alpha value is -3.82. The lowest BCUT2D eigenvalue weighted by atomic mass is 9.80. The predicted molar refractivity (Wildman–Crippen MR) is 147 cm³/mol. The van der Waals surface area contributed by atoms with Crippen LogP contribution in [0, 0.1) is 0 Å². The van der Waals surface area contributed by atoms with Crippen LogP contribution in [0.2, 0.25) is 0 Å². The maximum atomic E-state index is 7.04. The lowest BCUT2D eigenvalue weighted by Crippen LogP contribution is -2.39. The highest BCUT2D eigenvalue weighted by Gasteiger charge is 2.56. The molecule has 200 valence electrons. The van der Waals surface area contributed by atoms with Crippen molar-refractivity contribution in [3.8, 4) is 0 Å². The maximum absolute atomic E-state index is 7.04. The Bertz CT molecular complexity index is 1320. The van der Waals surface area contributed by atoms with E-state index in [1.54, 1.807) is 6.20 Å². The number of rotatable bonds is 7. The van der Waals surface area contributed by atoms with E-state index in [9.17, 15) is 0 Å². The molecule has 8 heteroatoms. The number of aromatic nitrogens is 2. The van der Waals surface area contributed by atoms with E-state index in [0.29, 0.717) is 5.56 Å². The van der Waals surface area contributed by atoms with E-state index in [1.807, 2.05) is 68.4 Å². The Morgan fingerprint density at radius 2 is 1.31 bits per heavy atom. The molecule has 0 spiro atoms. The fraction of sp³-hybridized carbons (Fsp3) is 0.290. The third kappa shape index (κ3) is 4.66. The molecule has 4 N–H and O–H groups in total. The Labute approximate surface area is 227 Å². The smallest absolute Gasteiger partial charge is 0.221 e. The van der Waals surface area contributed by atoms with Crippen LogP contribution in [0.4, 0.5) is 11.8 Å². The minimum absolute atomic E-state index is 0.105. The number of anilines is 2. The summed E-state index contributed by atoms with van der Waals surface area (Å²) in [6, 6.07) is 30.7. The van der Waals surface area contributed by atoms with Crippen LogP contribution in [0.5, 0.6) is 0 Å². The van der Waals surface area contributed by atoms with Gasteiger partial charge in [-0.25, -0.2) is 4.98 Å². The summed E-state index contributed by atoms with van der Waals surface area (Å²) in [6.45, 7) is 4.02. The van der Waals surface area contributed by atoms with Crippen LogP contribution in [-0.2, 0) is 24.5 Å². The van der Waals surface area contributed by atoms with Gasteiger partial charge in [0.15, 0.2) is 5.79 Å². The van der Waals surface area contributed by atoms with Crippen LogP contribution in [-0.4, -0.2) is 40.7 Å².